The van der Waals surface area contributed by atoms with Gasteiger partial charge in [0.1, 0.15) is 12.4 Å². The smallest absolute Gasteiger partial charge is 0.303 e. The number of benzene rings is 2. The number of Topliss-reactive ketones (excluding diaryl/α,β-unsaturated/α-hetero) is 1. The molecule has 0 aliphatic rings. The highest BCUT2D eigenvalue weighted by atomic mass is 32.2. The van der Waals surface area contributed by atoms with Crippen molar-refractivity contribution in [1.82, 2.24) is 4.72 Å². The predicted molar refractivity (Wildman–Crippen MR) is 94.8 cm³/mol. The Bertz CT molecular complexity index is 847. The molecule has 2 aromatic rings. The Hall–Kier alpha value is -2.71. The van der Waals surface area contributed by atoms with Crippen molar-refractivity contribution < 1.29 is 27.9 Å². The highest BCUT2D eigenvalue weighted by Crippen LogP contribution is 2.14. The van der Waals surface area contributed by atoms with E-state index >= 15 is 0 Å². The zero-order chi connectivity index (χ0) is 19.0. The van der Waals surface area contributed by atoms with Crippen LogP contribution in [-0.4, -0.2) is 38.4 Å². The molecule has 0 unspecified atom stereocenters. The molecule has 0 spiro atoms. The van der Waals surface area contributed by atoms with E-state index in [0.29, 0.717) is 11.3 Å². The summed E-state index contributed by atoms with van der Waals surface area (Å²) >= 11 is 0. The average Bonchev–Trinajstić information content (AvgIpc) is 2.64. The Morgan fingerprint density at radius 3 is 2.23 bits per heavy atom. The minimum absolute atomic E-state index is 0.0587. The maximum absolute atomic E-state index is 12.0. The van der Waals surface area contributed by atoms with Crippen LogP contribution >= 0.6 is 0 Å². The maximum atomic E-state index is 12.0. The topological polar surface area (TPSA) is 110 Å². The molecule has 0 amide bonds. The molecular formula is C18H19NO6S. The van der Waals surface area contributed by atoms with E-state index in [1.54, 1.807) is 42.5 Å². The van der Waals surface area contributed by atoms with Gasteiger partial charge in [0.05, 0.1) is 11.3 Å². The average molecular weight is 377 g/mol. The van der Waals surface area contributed by atoms with Gasteiger partial charge >= 0.3 is 5.97 Å². The molecular weight excluding hydrogens is 358 g/mol. The number of ether oxygens (including phenoxy) is 1. The summed E-state index contributed by atoms with van der Waals surface area (Å²) < 4.78 is 31.9. The molecule has 2 rings (SSSR count). The van der Waals surface area contributed by atoms with Gasteiger partial charge in [-0.05, 0) is 36.4 Å². The van der Waals surface area contributed by atoms with Crippen LogP contribution in [0.5, 0.6) is 5.75 Å². The highest BCUT2D eigenvalue weighted by Gasteiger charge is 2.12. The first kappa shape index (κ1) is 19.6. The van der Waals surface area contributed by atoms with E-state index in [0.717, 1.165) is 0 Å². The van der Waals surface area contributed by atoms with Gasteiger partial charge in [0.2, 0.25) is 10.0 Å². The van der Waals surface area contributed by atoms with Crippen LogP contribution in [0.3, 0.4) is 0 Å². The van der Waals surface area contributed by atoms with E-state index in [1.165, 1.54) is 12.1 Å². The van der Waals surface area contributed by atoms with Crippen LogP contribution < -0.4 is 9.46 Å². The summed E-state index contributed by atoms with van der Waals surface area (Å²) in [5.74, 6) is -0.787. The van der Waals surface area contributed by atoms with Gasteiger partial charge in [-0.2, -0.15) is 0 Å². The van der Waals surface area contributed by atoms with E-state index in [1.807, 2.05) is 0 Å². The number of carboxylic acids is 1. The predicted octanol–water partition coefficient (Wildman–Crippen LogP) is 2.09. The van der Waals surface area contributed by atoms with Crippen molar-refractivity contribution >= 4 is 21.8 Å². The lowest BCUT2D eigenvalue weighted by Gasteiger charge is -2.09. The molecule has 2 N–H and O–H groups in total. The second-order valence-electron chi connectivity index (χ2n) is 5.40. The van der Waals surface area contributed by atoms with E-state index < -0.39 is 16.0 Å². The Morgan fingerprint density at radius 1 is 0.962 bits per heavy atom. The van der Waals surface area contributed by atoms with Crippen LogP contribution in [0.4, 0.5) is 0 Å². The van der Waals surface area contributed by atoms with Crippen LogP contribution in [0.25, 0.3) is 0 Å². The Kier molecular flexibility index (Phi) is 6.88. The normalized spacial score (nSPS) is 11.1. The number of carboxylic acid groups (broad SMARTS) is 1. The minimum atomic E-state index is -3.57. The van der Waals surface area contributed by atoms with Gasteiger partial charge in [-0.15, -0.1) is 0 Å². The molecule has 0 atom stereocenters. The van der Waals surface area contributed by atoms with E-state index in [-0.39, 0.29) is 36.7 Å². The first-order chi connectivity index (χ1) is 12.4. The summed E-state index contributed by atoms with van der Waals surface area (Å²) in [6, 6.07) is 14.3. The third-order valence-electron chi connectivity index (χ3n) is 3.46. The molecule has 0 aromatic heterocycles. The monoisotopic (exact) mass is 377 g/mol. The lowest BCUT2D eigenvalue weighted by atomic mass is 10.1. The van der Waals surface area contributed by atoms with Gasteiger partial charge in [-0.3, -0.25) is 9.59 Å². The number of hydrogen-bond donors (Lipinski definition) is 2. The number of carbonyl (C=O) groups is 2. The quantitative estimate of drug-likeness (QED) is 0.485. The molecule has 138 valence electrons. The van der Waals surface area contributed by atoms with Crippen molar-refractivity contribution in [2.24, 2.45) is 0 Å². The summed E-state index contributed by atoms with van der Waals surface area (Å²) in [6.45, 7) is 0.217. The lowest BCUT2D eigenvalue weighted by molar-refractivity contribution is -0.136. The van der Waals surface area contributed by atoms with Gasteiger partial charge in [0.15, 0.2) is 5.78 Å². The molecule has 7 nitrogen and oxygen atoms in total. The fraction of sp³-hybridized carbons (Fsp3) is 0.222. The highest BCUT2D eigenvalue weighted by molar-refractivity contribution is 7.89. The summed E-state index contributed by atoms with van der Waals surface area (Å²) in [5, 5.41) is 8.58. The molecule has 0 aliphatic heterocycles. The van der Waals surface area contributed by atoms with Gasteiger partial charge in [-0.25, -0.2) is 13.1 Å². The maximum Gasteiger partial charge on any atom is 0.303 e. The molecule has 0 bridgehead atoms. The molecule has 0 aliphatic carbocycles. The van der Waals surface area contributed by atoms with Gasteiger partial charge in [0, 0.05) is 18.5 Å². The van der Waals surface area contributed by atoms with Crippen LogP contribution in [0.2, 0.25) is 0 Å². The van der Waals surface area contributed by atoms with Crippen LogP contribution in [0.15, 0.2) is 59.5 Å². The number of hydrogen-bond acceptors (Lipinski definition) is 5. The zero-order valence-electron chi connectivity index (χ0n) is 13.9. The Morgan fingerprint density at radius 2 is 1.62 bits per heavy atom. The molecule has 0 fully saturated rings. The summed E-state index contributed by atoms with van der Waals surface area (Å²) in [5.41, 5.74) is 0.406. The first-order valence-electron chi connectivity index (χ1n) is 7.91. The molecule has 0 saturated carbocycles. The second kappa shape index (κ2) is 9.12. The number of rotatable bonds is 10. The SMILES string of the molecule is O=C(O)CCC(=O)c1ccc(OCCNS(=O)(=O)c2ccccc2)cc1. The zero-order valence-corrected chi connectivity index (χ0v) is 14.7. The Balaban J connectivity index is 1.79. The summed E-state index contributed by atoms with van der Waals surface area (Å²) in [6.07, 6.45) is -0.268. The number of nitrogens with one attached hydrogen (secondary N) is 1. The van der Waals surface area contributed by atoms with Crippen molar-refractivity contribution in [3.63, 3.8) is 0 Å². The third kappa shape index (κ3) is 5.98. The summed E-state index contributed by atoms with van der Waals surface area (Å²) in [7, 11) is -3.57. The molecule has 0 radical (unpaired) electrons. The molecule has 0 heterocycles. The van der Waals surface area contributed by atoms with Crippen molar-refractivity contribution in [2.75, 3.05) is 13.2 Å². The minimum Gasteiger partial charge on any atom is -0.492 e. The summed E-state index contributed by atoms with van der Waals surface area (Å²) in [4.78, 5) is 22.4. The molecule has 8 heteroatoms. The fourth-order valence-electron chi connectivity index (χ4n) is 2.13. The fourth-order valence-corrected chi connectivity index (χ4v) is 3.16. The standard InChI is InChI=1S/C18H19NO6S/c20-17(10-11-18(21)22)14-6-8-15(9-7-14)25-13-12-19-26(23,24)16-4-2-1-3-5-16/h1-9,19H,10-13H2,(H,21,22). The van der Waals surface area contributed by atoms with Crippen molar-refractivity contribution in [3.8, 4) is 5.75 Å². The van der Waals surface area contributed by atoms with E-state index in [4.69, 9.17) is 9.84 Å². The molecule has 0 saturated heterocycles. The Labute approximate surface area is 151 Å². The van der Waals surface area contributed by atoms with Crippen LogP contribution in [0.1, 0.15) is 23.2 Å². The number of ketones is 1. The van der Waals surface area contributed by atoms with Gasteiger partial charge in [0.25, 0.3) is 0 Å². The van der Waals surface area contributed by atoms with Gasteiger partial charge in [-0.1, -0.05) is 18.2 Å². The van der Waals surface area contributed by atoms with Crippen molar-refractivity contribution in [3.05, 3.63) is 60.2 Å². The lowest BCUT2D eigenvalue weighted by Crippen LogP contribution is -2.28. The largest absolute Gasteiger partial charge is 0.492 e. The van der Waals surface area contributed by atoms with Crippen molar-refractivity contribution in [1.29, 1.82) is 0 Å². The van der Waals surface area contributed by atoms with E-state index in [9.17, 15) is 18.0 Å². The van der Waals surface area contributed by atoms with Gasteiger partial charge < -0.3 is 9.84 Å². The number of aliphatic carboxylic acids is 1. The van der Waals surface area contributed by atoms with Crippen LogP contribution in [-0.2, 0) is 14.8 Å². The first-order valence-corrected chi connectivity index (χ1v) is 9.39. The molecule has 2 aromatic carbocycles. The third-order valence-corrected chi connectivity index (χ3v) is 4.94. The second-order valence-corrected chi connectivity index (χ2v) is 7.17. The molecule has 26 heavy (non-hydrogen) atoms. The van der Waals surface area contributed by atoms with Crippen LogP contribution in [0, 0.1) is 0 Å². The number of sulfonamides is 1. The van der Waals surface area contributed by atoms with E-state index in [2.05, 4.69) is 4.72 Å². The number of carbonyl (C=O) groups excluding carboxylic acids is 1. The van der Waals surface area contributed by atoms with Crippen molar-refractivity contribution in [2.45, 2.75) is 17.7 Å².